The summed E-state index contributed by atoms with van der Waals surface area (Å²) in [6, 6.07) is 19.9. The fourth-order valence-electron chi connectivity index (χ4n) is 3.39. The number of carbonyl (C=O) groups is 2. The van der Waals surface area contributed by atoms with E-state index in [1.165, 1.54) is 5.56 Å². The molecule has 5 nitrogen and oxygen atoms in total. The molecule has 0 aliphatic carbocycles. The van der Waals surface area contributed by atoms with Crippen molar-refractivity contribution >= 4 is 17.9 Å². The highest BCUT2D eigenvalue weighted by atomic mass is 16.2. The lowest BCUT2D eigenvalue weighted by molar-refractivity contribution is -0.132. The Balaban J connectivity index is 1.30. The van der Waals surface area contributed by atoms with Crippen LogP contribution >= 0.6 is 0 Å². The van der Waals surface area contributed by atoms with Gasteiger partial charge in [0.25, 0.3) is 0 Å². The fraction of sp³-hybridized carbons (Fsp3) is 0.333. The molecular formula is C24H29N3O2. The molecule has 0 spiro atoms. The van der Waals surface area contributed by atoms with Gasteiger partial charge in [-0.15, -0.1) is 0 Å². The molecule has 1 aliphatic heterocycles. The Bertz CT molecular complexity index is 797. The Labute approximate surface area is 173 Å². The highest BCUT2D eigenvalue weighted by molar-refractivity contribution is 5.80. The average molecular weight is 392 g/mol. The minimum Gasteiger partial charge on any atom is -0.355 e. The fourth-order valence-corrected chi connectivity index (χ4v) is 3.39. The van der Waals surface area contributed by atoms with E-state index in [9.17, 15) is 9.59 Å². The van der Waals surface area contributed by atoms with Gasteiger partial charge in [0.2, 0.25) is 11.8 Å². The molecule has 0 unspecified atom stereocenters. The molecule has 3 rings (SSSR count). The second-order valence-corrected chi connectivity index (χ2v) is 7.26. The summed E-state index contributed by atoms with van der Waals surface area (Å²) in [7, 11) is 0. The van der Waals surface area contributed by atoms with Crippen molar-refractivity contribution in [2.45, 2.75) is 12.8 Å². The summed E-state index contributed by atoms with van der Waals surface area (Å²) in [5.74, 6) is 0.0727. The van der Waals surface area contributed by atoms with Crippen LogP contribution in [0, 0.1) is 0 Å². The van der Waals surface area contributed by atoms with Crippen molar-refractivity contribution < 1.29 is 9.59 Å². The van der Waals surface area contributed by atoms with Gasteiger partial charge in [-0.2, -0.15) is 0 Å². The number of piperazine rings is 1. The second kappa shape index (κ2) is 11.2. The monoisotopic (exact) mass is 391 g/mol. The van der Waals surface area contributed by atoms with Crippen LogP contribution in [0.25, 0.3) is 6.08 Å². The molecule has 2 aromatic rings. The van der Waals surface area contributed by atoms with Gasteiger partial charge in [-0.05, 0) is 11.1 Å². The zero-order valence-corrected chi connectivity index (χ0v) is 16.8. The second-order valence-electron chi connectivity index (χ2n) is 7.26. The molecule has 152 valence electrons. The number of nitrogens with zero attached hydrogens (tertiary/aromatic N) is 2. The normalized spacial score (nSPS) is 14.8. The van der Waals surface area contributed by atoms with Gasteiger partial charge < -0.3 is 10.2 Å². The third-order valence-electron chi connectivity index (χ3n) is 5.07. The summed E-state index contributed by atoms with van der Waals surface area (Å²) in [6.45, 7) is 4.54. The molecule has 0 aromatic heterocycles. The minimum absolute atomic E-state index is 0.0426. The summed E-state index contributed by atoms with van der Waals surface area (Å²) in [5.41, 5.74) is 2.18. The van der Waals surface area contributed by atoms with E-state index in [-0.39, 0.29) is 11.8 Å². The first kappa shape index (κ1) is 20.8. The highest BCUT2D eigenvalue weighted by Crippen LogP contribution is 2.06. The van der Waals surface area contributed by atoms with Gasteiger partial charge in [0.1, 0.15) is 0 Å². The first-order valence-corrected chi connectivity index (χ1v) is 10.2. The van der Waals surface area contributed by atoms with Crippen LogP contribution < -0.4 is 5.32 Å². The van der Waals surface area contributed by atoms with E-state index in [0.717, 1.165) is 38.3 Å². The van der Waals surface area contributed by atoms with Crippen molar-refractivity contribution in [1.82, 2.24) is 15.1 Å². The smallest absolute Gasteiger partial charge is 0.224 e. The van der Waals surface area contributed by atoms with E-state index < -0.39 is 0 Å². The first-order valence-electron chi connectivity index (χ1n) is 10.2. The van der Waals surface area contributed by atoms with Crippen molar-refractivity contribution in [3.05, 3.63) is 77.9 Å². The molecule has 0 bridgehead atoms. The molecule has 1 saturated heterocycles. The van der Waals surface area contributed by atoms with Crippen molar-refractivity contribution in [2.75, 3.05) is 39.3 Å². The van der Waals surface area contributed by atoms with E-state index >= 15 is 0 Å². The van der Waals surface area contributed by atoms with Gasteiger partial charge in [0.15, 0.2) is 0 Å². The van der Waals surface area contributed by atoms with Gasteiger partial charge in [0.05, 0.1) is 6.42 Å². The number of rotatable bonds is 8. The maximum absolute atomic E-state index is 12.4. The molecule has 1 N–H and O–H groups in total. The highest BCUT2D eigenvalue weighted by Gasteiger charge is 2.20. The van der Waals surface area contributed by atoms with Gasteiger partial charge in [-0.1, -0.05) is 72.8 Å². The van der Waals surface area contributed by atoms with Crippen LogP contribution in [0.5, 0.6) is 0 Å². The third kappa shape index (κ3) is 7.20. The molecule has 2 amide bonds. The van der Waals surface area contributed by atoms with E-state index in [4.69, 9.17) is 0 Å². The van der Waals surface area contributed by atoms with Crippen LogP contribution in [-0.2, 0) is 16.0 Å². The number of hydrogen-bond acceptors (Lipinski definition) is 3. The minimum atomic E-state index is -0.0426. The maximum Gasteiger partial charge on any atom is 0.224 e. The summed E-state index contributed by atoms with van der Waals surface area (Å²) in [4.78, 5) is 28.6. The summed E-state index contributed by atoms with van der Waals surface area (Å²) in [6.07, 6.45) is 5.02. The Kier molecular flexibility index (Phi) is 8.01. The Morgan fingerprint density at radius 2 is 1.55 bits per heavy atom. The summed E-state index contributed by atoms with van der Waals surface area (Å²) < 4.78 is 0. The third-order valence-corrected chi connectivity index (χ3v) is 5.07. The van der Waals surface area contributed by atoms with Gasteiger partial charge >= 0.3 is 0 Å². The number of carbonyl (C=O) groups excluding carboxylic acids is 2. The number of nitrogens with one attached hydrogen (secondary N) is 1. The van der Waals surface area contributed by atoms with Crippen LogP contribution in [0.2, 0.25) is 0 Å². The van der Waals surface area contributed by atoms with Crippen LogP contribution in [0.3, 0.4) is 0 Å². The predicted molar refractivity (Wildman–Crippen MR) is 116 cm³/mol. The van der Waals surface area contributed by atoms with Crippen molar-refractivity contribution in [3.8, 4) is 0 Å². The standard InChI is InChI=1S/C24H29N3O2/c28-23(20-22-10-5-2-6-11-22)25-14-13-24(29)27-18-16-26(17-19-27)15-7-12-21-8-3-1-4-9-21/h1-12H,13-20H2,(H,25,28)/b12-7+. The lowest BCUT2D eigenvalue weighted by atomic mass is 10.1. The first-order chi connectivity index (χ1) is 14.2. The average Bonchev–Trinajstić information content (AvgIpc) is 2.75. The maximum atomic E-state index is 12.4. The molecule has 0 radical (unpaired) electrons. The predicted octanol–water partition coefficient (Wildman–Crippen LogP) is 2.59. The largest absolute Gasteiger partial charge is 0.355 e. The molecule has 29 heavy (non-hydrogen) atoms. The Hall–Kier alpha value is -2.92. The van der Waals surface area contributed by atoms with Crippen LogP contribution in [0.15, 0.2) is 66.7 Å². The molecule has 0 atom stereocenters. The zero-order chi connectivity index (χ0) is 20.3. The zero-order valence-electron chi connectivity index (χ0n) is 16.8. The molecule has 1 heterocycles. The van der Waals surface area contributed by atoms with E-state index in [1.54, 1.807) is 0 Å². The summed E-state index contributed by atoms with van der Waals surface area (Å²) in [5, 5.41) is 2.85. The number of amides is 2. The lowest BCUT2D eigenvalue weighted by Crippen LogP contribution is -2.49. The quantitative estimate of drug-likeness (QED) is 0.753. The number of benzene rings is 2. The van der Waals surface area contributed by atoms with Crippen molar-refractivity contribution in [1.29, 1.82) is 0 Å². The SMILES string of the molecule is O=C(Cc1ccccc1)NCCC(=O)N1CCN(C/C=C/c2ccccc2)CC1. The summed E-state index contributed by atoms with van der Waals surface area (Å²) >= 11 is 0. The van der Waals surface area contributed by atoms with Gasteiger partial charge in [0, 0.05) is 45.7 Å². The van der Waals surface area contributed by atoms with Crippen LogP contribution in [-0.4, -0.2) is 60.9 Å². The topological polar surface area (TPSA) is 52.7 Å². The molecule has 5 heteroatoms. The lowest BCUT2D eigenvalue weighted by Gasteiger charge is -2.34. The van der Waals surface area contributed by atoms with E-state index in [1.807, 2.05) is 53.4 Å². The number of hydrogen-bond donors (Lipinski definition) is 1. The molecule has 1 aliphatic rings. The Morgan fingerprint density at radius 3 is 2.24 bits per heavy atom. The van der Waals surface area contributed by atoms with Gasteiger partial charge in [-0.25, -0.2) is 0 Å². The molecular weight excluding hydrogens is 362 g/mol. The molecule has 2 aromatic carbocycles. The van der Waals surface area contributed by atoms with Crippen LogP contribution in [0.1, 0.15) is 17.5 Å². The van der Waals surface area contributed by atoms with E-state index in [2.05, 4.69) is 34.5 Å². The molecule has 1 fully saturated rings. The van der Waals surface area contributed by atoms with E-state index in [0.29, 0.717) is 19.4 Å². The Morgan fingerprint density at radius 1 is 0.897 bits per heavy atom. The van der Waals surface area contributed by atoms with Gasteiger partial charge in [-0.3, -0.25) is 14.5 Å². The molecule has 0 saturated carbocycles. The van der Waals surface area contributed by atoms with Crippen LogP contribution in [0.4, 0.5) is 0 Å². The van der Waals surface area contributed by atoms with Crippen molar-refractivity contribution in [3.63, 3.8) is 0 Å². The van der Waals surface area contributed by atoms with Crippen molar-refractivity contribution in [2.24, 2.45) is 0 Å².